The van der Waals surface area contributed by atoms with Crippen molar-refractivity contribution >= 4 is 56.8 Å². The van der Waals surface area contributed by atoms with E-state index in [0.29, 0.717) is 11.6 Å². The number of nitrogens with one attached hydrogen (secondary N) is 1. The van der Waals surface area contributed by atoms with Crippen molar-refractivity contribution in [2.45, 2.75) is 11.1 Å². The molecule has 2 heterocycles. The fourth-order valence-electron chi connectivity index (χ4n) is 2.85. The topological polar surface area (TPSA) is 101 Å². The van der Waals surface area contributed by atoms with Gasteiger partial charge in [-0.3, -0.25) is 4.72 Å². The third kappa shape index (κ3) is 3.35. The molecule has 0 fully saturated rings. The minimum absolute atomic E-state index is 0.0445. The number of furan rings is 1. The number of anilines is 2. The Morgan fingerprint density at radius 3 is 2.43 bits per heavy atom. The van der Waals surface area contributed by atoms with Crippen LogP contribution in [0.3, 0.4) is 0 Å². The maximum atomic E-state index is 12.6. The Morgan fingerprint density at radius 2 is 1.75 bits per heavy atom. The first kappa shape index (κ1) is 18.8. The average Bonchev–Trinajstić information content (AvgIpc) is 3.12. The van der Waals surface area contributed by atoms with Gasteiger partial charge in [0.05, 0.1) is 21.9 Å². The molecule has 1 unspecified atom stereocenters. The highest BCUT2D eigenvalue weighted by atomic mass is 35.5. The molecule has 1 aliphatic rings. The zero-order valence-electron chi connectivity index (χ0n) is 14.2. The van der Waals surface area contributed by atoms with Crippen LogP contribution >= 0.6 is 23.2 Å². The van der Waals surface area contributed by atoms with Crippen LogP contribution in [0, 0.1) is 0 Å². The molecular weight excluding hydrogens is 423 g/mol. The molecule has 0 radical (unpaired) electrons. The Hall–Kier alpha value is -2.52. The van der Waals surface area contributed by atoms with E-state index in [2.05, 4.69) is 9.71 Å². The number of hydrogen-bond acceptors (Lipinski definition) is 6. The number of sulfonamides is 1. The number of fused-ring (bicyclic) bond motifs is 1. The number of nitrogens with zero attached hydrogens (tertiary/aromatic N) is 2. The summed E-state index contributed by atoms with van der Waals surface area (Å²) >= 11 is 12.0. The van der Waals surface area contributed by atoms with Crippen LogP contribution in [-0.2, 0) is 10.0 Å². The molecule has 0 saturated heterocycles. The van der Waals surface area contributed by atoms with Gasteiger partial charge in [-0.05, 0) is 42.5 Å². The van der Waals surface area contributed by atoms with E-state index in [4.69, 9.17) is 33.4 Å². The Balaban J connectivity index is 1.58. The van der Waals surface area contributed by atoms with Gasteiger partial charge < -0.3 is 15.1 Å². The summed E-state index contributed by atoms with van der Waals surface area (Å²) in [5.74, 6) is 0.477. The number of halogens is 2. The second kappa shape index (κ2) is 7.14. The maximum Gasteiger partial charge on any atom is 0.264 e. The van der Waals surface area contributed by atoms with Crippen LogP contribution in [0.2, 0.25) is 10.0 Å². The molecule has 0 bridgehead atoms. The Bertz CT molecular complexity index is 1140. The monoisotopic (exact) mass is 436 g/mol. The van der Waals surface area contributed by atoms with Crippen LogP contribution in [0.5, 0.6) is 0 Å². The predicted molar refractivity (Wildman–Crippen MR) is 110 cm³/mol. The molecule has 144 valence electrons. The van der Waals surface area contributed by atoms with Gasteiger partial charge in [-0.1, -0.05) is 29.3 Å². The first-order valence-electron chi connectivity index (χ1n) is 8.09. The quantitative estimate of drug-likeness (QED) is 0.625. The summed E-state index contributed by atoms with van der Waals surface area (Å²) in [5.41, 5.74) is 8.11. The van der Waals surface area contributed by atoms with Crippen molar-refractivity contribution in [1.82, 2.24) is 0 Å². The van der Waals surface area contributed by atoms with Gasteiger partial charge in [0.1, 0.15) is 17.4 Å². The average molecular weight is 437 g/mol. The molecule has 2 aromatic carbocycles. The molecule has 0 saturated carbocycles. The molecule has 1 aliphatic heterocycles. The lowest BCUT2D eigenvalue weighted by Gasteiger charge is -2.29. The fraction of sp³-hybridized carbons (Fsp3) is 0.0556. The number of aliphatic imine (C=N–C) groups is 1. The minimum Gasteiger partial charge on any atom is -0.446 e. The Kier molecular flexibility index (Phi) is 4.80. The van der Waals surface area contributed by atoms with Crippen LogP contribution in [-0.4, -0.2) is 14.8 Å². The highest BCUT2D eigenvalue weighted by Crippen LogP contribution is 2.34. The zero-order chi connectivity index (χ0) is 19.9. The van der Waals surface area contributed by atoms with Gasteiger partial charge in [0, 0.05) is 11.4 Å². The third-order valence-electron chi connectivity index (χ3n) is 4.20. The van der Waals surface area contributed by atoms with Crippen molar-refractivity contribution in [2.75, 3.05) is 9.62 Å². The predicted octanol–water partition coefficient (Wildman–Crippen LogP) is 4.52. The van der Waals surface area contributed by atoms with Crippen molar-refractivity contribution in [3.05, 3.63) is 70.4 Å². The van der Waals surface area contributed by atoms with Crippen molar-refractivity contribution in [3.8, 4) is 0 Å². The van der Waals surface area contributed by atoms with E-state index < -0.39 is 16.2 Å². The van der Waals surface area contributed by atoms with Gasteiger partial charge >= 0.3 is 0 Å². The van der Waals surface area contributed by atoms with Crippen molar-refractivity contribution in [3.63, 3.8) is 0 Å². The molecule has 3 aromatic rings. The summed E-state index contributed by atoms with van der Waals surface area (Å²) in [6, 6.07) is 12.9. The molecule has 0 spiro atoms. The smallest absolute Gasteiger partial charge is 0.264 e. The summed E-state index contributed by atoms with van der Waals surface area (Å²) in [7, 11) is -3.95. The van der Waals surface area contributed by atoms with Gasteiger partial charge in [0.2, 0.25) is 5.88 Å². The van der Waals surface area contributed by atoms with E-state index in [1.54, 1.807) is 47.6 Å². The normalized spacial score (nSPS) is 16.1. The van der Waals surface area contributed by atoms with E-state index in [1.807, 2.05) is 0 Å². The molecule has 10 heteroatoms. The van der Waals surface area contributed by atoms with Crippen LogP contribution in [0.25, 0.3) is 0 Å². The van der Waals surface area contributed by atoms with E-state index in [1.165, 1.54) is 18.4 Å². The van der Waals surface area contributed by atoms with E-state index in [9.17, 15) is 8.42 Å². The molecular formula is C18H14Cl2N4O3S. The zero-order valence-corrected chi connectivity index (χ0v) is 16.5. The summed E-state index contributed by atoms with van der Waals surface area (Å²) in [6.45, 7) is 0. The summed E-state index contributed by atoms with van der Waals surface area (Å²) in [6.07, 6.45) is 2.64. The molecule has 3 N–H and O–H groups in total. The molecule has 28 heavy (non-hydrogen) atoms. The summed E-state index contributed by atoms with van der Waals surface area (Å²) in [5, 5.41) is 0.0890. The van der Waals surface area contributed by atoms with Crippen molar-refractivity contribution < 1.29 is 12.8 Å². The van der Waals surface area contributed by atoms with Crippen LogP contribution in [0.4, 0.5) is 17.3 Å². The lowest BCUT2D eigenvalue weighted by atomic mass is 10.2. The first-order chi connectivity index (χ1) is 13.4. The largest absolute Gasteiger partial charge is 0.446 e. The van der Waals surface area contributed by atoms with Crippen molar-refractivity contribution in [1.29, 1.82) is 0 Å². The van der Waals surface area contributed by atoms with Gasteiger partial charge in [0.15, 0.2) is 0 Å². The lowest BCUT2D eigenvalue weighted by molar-refractivity contribution is 0.567. The fourth-order valence-corrected chi connectivity index (χ4v) is 5.06. The van der Waals surface area contributed by atoms with Crippen LogP contribution in [0.15, 0.2) is 69.1 Å². The van der Waals surface area contributed by atoms with Gasteiger partial charge in [-0.15, -0.1) is 0 Å². The molecule has 1 atom stereocenters. The number of hydrogen-bond donors (Lipinski definition) is 2. The maximum absolute atomic E-state index is 12.6. The van der Waals surface area contributed by atoms with Crippen LogP contribution < -0.4 is 15.4 Å². The van der Waals surface area contributed by atoms with E-state index in [0.717, 1.165) is 11.3 Å². The van der Waals surface area contributed by atoms with E-state index in [-0.39, 0.29) is 14.9 Å². The molecule has 0 amide bonds. The second-order valence-electron chi connectivity index (χ2n) is 5.98. The Morgan fingerprint density at radius 1 is 1.07 bits per heavy atom. The van der Waals surface area contributed by atoms with Crippen LogP contribution in [0.1, 0.15) is 11.7 Å². The first-order valence-corrected chi connectivity index (χ1v) is 10.3. The SMILES string of the molecule is NC1c2ccoc2N=CN1c1ccc(NS(=O)(=O)c2c(Cl)cccc2Cl)cc1. The Labute approximate surface area is 171 Å². The number of benzene rings is 2. The van der Waals surface area contributed by atoms with Gasteiger partial charge in [-0.2, -0.15) is 0 Å². The number of nitrogens with two attached hydrogens (primary N) is 1. The van der Waals surface area contributed by atoms with Crippen molar-refractivity contribution in [2.24, 2.45) is 10.7 Å². The van der Waals surface area contributed by atoms with Gasteiger partial charge in [-0.25, -0.2) is 13.4 Å². The summed E-state index contributed by atoms with van der Waals surface area (Å²) in [4.78, 5) is 5.80. The lowest BCUT2D eigenvalue weighted by Crippen LogP contribution is -2.35. The standard InChI is InChI=1S/C18H14Cl2N4O3S/c19-14-2-1-3-15(20)16(14)28(25,26)23-11-4-6-12(7-5-11)24-10-22-18-13(17(24)21)8-9-27-18/h1-10,17,23H,21H2. The highest BCUT2D eigenvalue weighted by molar-refractivity contribution is 7.93. The second-order valence-corrected chi connectivity index (χ2v) is 8.41. The number of rotatable bonds is 4. The molecule has 4 rings (SSSR count). The van der Waals surface area contributed by atoms with Gasteiger partial charge in [0.25, 0.3) is 10.0 Å². The summed E-state index contributed by atoms with van der Waals surface area (Å²) < 4.78 is 33.0. The minimum atomic E-state index is -3.95. The molecule has 1 aromatic heterocycles. The van der Waals surface area contributed by atoms with E-state index >= 15 is 0 Å². The molecule has 0 aliphatic carbocycles. The highest BCUT2D eigenvalue weighted by Gasteiger charge is 2.25. The molecule has 7 nitrogen and oxygen atoms in total. The third-order valence-corrected chi connectivity index (χ3v) is 6.53.